The molecule has 0 saturated carbocycles. The fourth-order valence-electron chi connectivity index (χ4n) is 2.59. The summed E-state index contributed by atoms with van der Waals surface area (Å²) in [5, 5.41) is 12.0. The zero-order valence-electron chi connectivity index (χ0n) is 15.5. The van der Waals surface area contributed by atoms with Gasteiger partial charge in [-0.05, 0) is 51.0 Å². The fraction of sp³-hybridized carbons (Fsp3) is 0.400. The standard InChI is InChI=1S/C17H19BCl2O.C3H8/c1-11-5-7-13(9-15(11)19)18(17(3,4)21)14-8-6-12(2)16(20)10-14;1-3-2/h5-10,21H,1-4H3;3H2,1-2H3. The molecule has 0 saturated heterocycles. The number of hydrogen-bond acceptors (Lipinski definition) is 1. The summed E-state index contributed by atoms with van der Waals surface area (Å²) in [6.45, 7) is 11.6. The van der Waals surface area contributed by atoms with Crippen molar-refractivity contribution in [3.63, 3.8) is 0 Å². The first kappa shape index (κ1) is 21.1. The molecule has 0 aliphatic rings. The van der Waals surface area contributed by atoms with Crippen molar-refractivity contribution in [2.75, 3.05) is 0 Å². The second-order valence-corrected chi connectivity index (χ2v) is 7.63. The number of rotatable bonds is 3. The van der Waals surface area contributed by atoms with E-state index in [1.54, 1.807) is 13.8 Å². The Morgan fingerprint density at radius 2 is 1.21 bits per heavy atom. The molecule has 0 fully saturated rings. The SMILES string of the molecule is CCC.Cc1ccc(B(c2ccc(C)c(Cl)c2)C(C)(C)O)cc1Cl. The Kier molecular flexibility index (Phi) is 7.86. The van der Waals surface area contributed by atoms with Crippen molar-refractivity contribution in [2.24, 2.45) is 0 Å². The lowest BCUT2D eigenvalue weighted by Crippen LogP contribution is -2.57. The molecule has 0 unspecified atom stereocenters. The molecular formula is C20H27BCl2O. The van der Waals surface area contributed by atoms with Crippen LogP contribution in [0.15, 0.2) is 36.4 Å². The summed E-state index contributed by atoms with van der Waals surface area (Å²) in [4.78, 5) is 0. The summed E-state index contributed by atoms with van der Waals surface area (Å²) >= 11 is 12.5. The Morgan fingerprint density at radius 1 is 0.875 bits per heavy atom. The smallest absolute Gasteiger partial charge is 0.244 e. The molecule has 2 aromatic carbocycles. The average molecular weight is 365 g/mol. The highest BCUT2D eigenvalue weighted by Crippen LogP contribution is 2.18. The zero-order chi connectivity index (χ0) is 18.5. The maximum Gasteiger partial charge on any atom is 0.244 e. The lowest BCUT2D eigenvalue weighted by atomic mass is 9.32. The highest BCUT2D eigenvalue weighted by atomic mass is 35.5. The molecule has 0 heterocycles. The van der Waals surface area contributed by atoms with Crippen LogP contribution in [0, 0.1) is 13.8 Å². The highest BCUT2D eigenvalue weighted by molar-refractivity contribution is 6.87. The lowest BCUT2D eigenvalue weighted by molar-refractivity contribution is 0.164. The van der Waals surface area contributed by atoms with E-state index < -0.39 is 5.50 Å². The molecule has 130 valence electrons. The van der Waals surface area contributed by atoms with Crippen molar-refractivity contribution in [1.29, 1.82) is 0 Å². The Labute approximate surface area is 157 Å². The van der Waals surface area contributed by atoms with Gasteiger partial charge in [-0.15, -0.1) is 0 Å². The summed E-state index contributed by atoms with van der Waals surface area (Å²) in [6.07, 6.45) is 1.25. The fourth-order valence-corrected chi connectivity index (χ4v) is 2.96. The Morgan fingerprint density at radius 3 is 1.46 bits per heavy atom. The van der Waals surface area contributed by atoms with Gasteiger partial charge < -0.3 is 5.11 Å². The van der Waals surface area contributed by atoms with E-state index in [4.69, 9.17) is 23.2 Å². The van der Waals surface area contributed by atoms with Gasteiger partial charge in [0.05, 0.1) is 0 Å². The Balaban J connectivity index is 0.000000891. The minimum absolute atomic E-state index is 0.186. The largest absolute Gasteiger partial charge is 0.398 e. The van der Waals surface area contributed by atoms with Crippen molar-refractivity contribution < 1.29 is 5.11 Å². The third-order valence-electron chi connectivity index (χ3n) is 3.76. The normalized spacial score (nSPS) is 10.9. The van der Waals surface area contributed by atoms with Gasteiger partial charge in [-0.3, -0.25) is 0 Å². The van der Waals surface area contributed by atoms with Crippen LogP contribution in [-0.4, -0.2) is 17.3 Å². The molecule has 24 heavy (non-hydrogen) atoms. The predicted molar refractivity (Wildman–Crippen MR) is 110 cm³/mol. The van der Waals surface area contributed by atoms with Crippen LogP contribution in [0.5, 0.6) is 0 Å². The summed E-state index contributed by atoms with van der Waals surface area (Å²) in [6, 6.07) is 11.8. The first-order chi connectivity index (χ1) is 11.1. The van der Waals surface area contributed by atoms with Gasteiger partial charge in [0, 0.05) is 15.5 Å². The van der Waals surface area contributed by atoms with Gasteiger partial charge in [-0.1, -0.05) is 78.7 Å². The molecule has 1 nitrogen and oxygen atoms in total. The zero-order valence-corrected chi connectivity index (χ0v) is 17.0. The molecule has 0 atom stereocenters. The van der Waals surface area contributed by atoms with E-state index in [9.17, 15) is 5.11 Å². The van der Waals surface area contributed by atoms with Crippen LogP contribution < -0.4 is 10.9 Å². The van der Waals surface area contributed by atoms with Crippen LogP contribution in [0.25, 0.3) is 0 Å². The van der Waals surface area contributed by atoms with Gasteiger partial charge in [0.15, 0.2) is 0 Å². The molecule has 4 heteroatoms. The maximum atomic E-state index is 10.6. The molecule has 0 aliphatic heterocycles. The number of aryl methyl sites for hydroxylation is 2. The van der Waals surface area contributed by atoms with Crippen LogP contribution in [0.3, 0.4) is 0 Å². The molecule has 2 rings (SSSR count). The van der Waals surface area contributed by atoms with Crippen molar-refractivity contribution in [1.82, 2.24) is 0 Å². The minimum Gasteiger partial charge on any atom is -0.398 e. The summed E-state index contributed by atoms with van der Waals surface area (Å²) in [5.41, 5.74) is 3.10. The molecule has 0 aromatic heterocycles. The topological polar surface area (TPSA) is 20.2 Å². The lowest BCUT2D eigenvalue weighted by Gasteiger charge is -2.28. The quantitative estimate of drug-likeness (QED) is 0.764. The average Bonchev–Trinajstić information content (AvgIpc) is 2.46. The molecule has 0 spiro atoms. The van der Waals surface area contributed by atoms with E-state index in [0.29, 0.717) is 10.0 Å². The van der Waals surface area contributed by atoms with E-state index in [2.05, 4.69) is 13.8 Å². The Bertz CT molecular complexity index is 626. The minimum atomic E-state index is -0.919. The number of halogens is 2. The molecule has 1 N–H and O–H groups in total. The third kappa shape index (κ3) is 5.55. The van der Waals surface area contributed by atoms with E-state index in [0.717, 1.165) is 22.1 Å². The van der Waals surface area contributed by atoms with E-state index in [1.165, 1.54) is 6.42 Å². The van der Waals surface area contributed by atoms with Crippen LogP contribution >= 0.6 is 23.2 Å². The van der Waals surface area contributed by atoms with Crippen LogP contribution in [0.4, 0.5) is 0 Å². The van der Waals surface area contributed by atoms with Gasteiger partial charge in [-0.25, -0.2) is 0 Å². The van der Waals surface area contributed by atoms with Crippen LogP contribution in [-0.2, 0) is 0 Å². The van der Waals surface area contributed by atoms with Crippen molar-refractivity contribution in [3.8, 4) is 0 Å². The number of aliphatic hydroxyl groups is 1. The summed E-state index contributed by atoms with van der Waals surface area (Å²) in [5.74, 6) is 0. The van der Waals surface area contributed by atoms with Crippen LogP contribution in [0.2, 0.25) is 10.0 Å². The van der Waals surface area contributed by atoms with Gasteiger partial charge in [0.25, 0.3) is 0 Å². The number of benzene rings is 2. The summed E-state index contributed by atoms with van der Waals surface area (Å²) in [7, 11) is 0. The van der Waals surface area contributed by atoms with Gasteiger partial charge >= 0.3 is 0 Å². The molecule has 0 bridgehead atoms. The van der Waals surface area contributed by atoms with Crippen molar-refractivity contribution in [2.45, 2.75) is 53.5 Å². The third-order valence-corrected chi connectivity index (χ3v) is 4.58. The first-order valence-electron chi connectivity index (χ1n) is 8.36. The van der Waals surface area contributed by atoms with E-state index >= 15 is 0 Å². The maximum absolute atomic E-state index is 10.6. The van der Waals surface area contributed by atoms with Crippen molar-refractivity contribution >= 4 is 40.8 Å². The Hall–Kier alpha value is -0.955. The van der Waals surface area contributed by atoms with Crippen molar-refractivity contribution in [3.05, 3.63) is 57.6 Å². The predicted octanol–water partition coefficient (Wildman–Crippen LogP) is 4.95. The van der Waals surface area contributed by atoms with E-state index in [1.807, 2.05) is 50.2 Å². The molecule has 0 amide bonds. The summed E-state index contributed by atoms with van der Waals surface area (Å²) < 4.78 is 0. The monoisotopic (exact) mass is 364 g/mol. The highest BCUT2D eigenvalue weighted by Gasteiger charge is 2.34. The molecular weight excluding hydrogens is 338 g/mol. The van der Waals surface area contributed by atoms with E-state index in [-0.39, 0.29) is 6.71 Å². The number of hydrogen-bond donors (Lipinski definition) is 1. The van der Waals surface area contributed by atoms with Gasteiger partial charge in [-0.2, -0.15) is 0 Å². The second-order valence-electron chi connectivity index (χ2n) is 6.81. The van der Waals surface area contributed by atoms with Gasteiger partial charge in [0.1, 0.15) is 0 Å². The van der Waals surface area contributed by atoms with Gasteiger partial charge in [0.2, 0.25) is 6.71 Å². The molecule has 2 aromatic rings. The van der Waals surface area contributed by atoms with Crippen LogP contribution in [0.1, 0.15) is 45.2 Å². The second kappa shape index (κ2) is 8.94. The molecule has 0 radical (unpaired) electrons. The molecule has 0 aliphatic carbocycles. The first-order valence-corrected chi connectivity index (χ1v) is 9.11.